The van der Waals surface area contributed by atoms with E-state index in [0.717, 1.165) is 54.6 Å². The summed E-state index contributed by atoms with van der Waals surface area (Å²) in [5.41, 5.74) is 5.70. The smallest absolute Gasteiger partial charge is 0.272 e. The molecular formula is C26H28N4O2. The van der Waals surface area contributed by atoms with Crippen molar-refractivity contribution in [2.24, 2.45) is 0 Å². The third-order valence-corrected chi connectivity index (χ3v) is 6.25. The molecule has 0 spiro atoms. The van der Waals surface area contributed by atoms with Gasteiger partial charge in [-0.25, -0.2) is 4.68 Å². The number of nitrogens with zero attached hydrogens (tertiary/aromatic N) is 2. The molecule has 6 heteroatoms. The number of aromatic nitrogens is 2. The molecule has 32 heavy (non-hydrogen) atoms. The van der Waals surface area contributed by atoms with Crippen LogP contribution in [0.25, 0.3) is 5.69 Å². The fourth-order valence-corrected chi connectivity index (χ4v) is 4.33. The third-order valence-electron chi connectivity index (χ3n) is 6.25. The summed E-state index contributed by atoms with van der Waals surface area (Å²) in [7, 11) is 0. The van der Waals surface area contributed by atoms with E-state index in [1.54, 1.807) is 0 Å². The Balaban J connectivity index is 1.41. The number of hydrogen-bond donors (Lipinski definition) is 2. The van der Waals surface area contributed by atoms with E-state index >= 15 is 0 Å². The van der Waals surface area contributed by atoms with Crippen LogP contribution in [0, 0.1) is 6.92 Å². The standard InChI is InChI=1S/C26H28N4O2/c1-17-10-14-20(15-11-17)30-23-9-5-8-21(23)24(29-30)26(32)28-22(25(31)27-19-12-13-19)16-18-6-3-2-4-7-18/h2-4,6-7,10-11,14-15,19,22H,5,8-9,12-13,16H2,1H3,(H,27,31)(H,28,32). The van der Waals surface area contributed by atoms with Gasteiger partial charge in [-0.3, -0.25) is 9.59 Å². The molecule has 2 aliphatic rings. The fraction of sp³-hybridized carbons (Fsp3) is 0.346. The maximum Gasteiger partial charge on any atom is 0.272 e. The van der Waals surface area contributed by atoms with Crippen LogP contribution in [0.3, 0.4) is 0 Å². The van der Waals surface area contributed by atoms with Crippen LogP contribution in [0.5, 0.6) is 0 Å². The highest BCUT2D eigenvalue weighted by atomic mass is 16.2. The van der Waals surface area contributed by atoms with E-state index in [4.69, 9.17) is 5.10 Å². The van der Waals surface area contributed by atoms with E-state index in [1.165, 1.54) is 5.56 Å². The lowest BCUT2D eigenvalue weighted by atomic mass is 10.0. The van der Waals surface area contributed by atoms with Gasteiger partial charge >= 0.3 is 0 Å². The van der Waals surface area contributed by atoms with Gasteiger partial charge in [-0.2, -0.15) is 5.10 Å². The minimum atomic E-state index is -0.632. The number of rotatable bonds is 7. The van der Waals surface area contributed by atoms with Crippen LogP contribution in [0.15, 0.2) is 54.6 Å². The lowest BCUT2D eigenvalue weighted by molar-refractivity contribution is -0.123. The van der Waals surface area contributed by atoms with Crippen molar-refractivity contribution in [1.82, 2.24) is 20.4 Å². The molecule has 0 radical (unpaired) electrons. The second-order valence-corrected chi connectivity index (χ2v) is 8.87. The number of amides is 2. The summed E-state index contributed by atoms with van der Waals surface area (Å²) < 4.78 is 1.90. The minimum absolute atomic E-state index is 0.126. The summed E-state index contributed by atoms with van der Waals surface area (Å²) in [6, 6.07) is 17.6. The number of aryl methyl sites for hydroxylation is 1. The normalized spacial score (nSPS) is 15.8. The molecule has 1 unspecified atom stereocenters. The van der Waals surface area contributed by atoms with Gasteiger partial charge in [0.05, 0.1) is 5.69 Å². The van der Waals surface area contributed by atoms with Crippen molar-refractivity contribution in [3.05, 3.63) is 82.7 Å². The average molecular weight is 429 g/mol. The van der Waals surface area contributed by atoms with Gasteiger partial charge in [0.1, 0.15) is 6.04 Å². The SMILES string of the molecule is Cc1ccc(-n2nc(C(=O)NC(Cc3ccccc3)C(=O)NC3CC3)c3c2CCC3)cc1. The molecule has 0 saturated heterocycles. The van der Waals surface area contributed by atoms with Gasteiger partial charge < -0.3 is 10.6 Å². The van der Waals surface area contributed by atoms with Gasteiger partial charge in [-0.15, -0.1) is 0 Å². The van der Waals surface area contributed by atoms with Crippen LogP contribution >= 0.6 is 0 Å². The average Bonchev–Trinajstić information content (AvgIpc) is 3.35. The zero-order valence-electron chi connectivity index (χ0n) is 18.3. The highest BCUT2D eigenvalue weighted by Crippen LogP contribution is 2.28. The summed E-state index contributed by atoms with van der Waals surface area (Å²) in [6.07, 6.45) is 5.21. The number of nitrogens with one attached hydrogen (secondary N) is 2. The lowest BCUT2D eigenvalue weighted by Gasteiger charge is -2.18. The van der Waals surface area contributed by atoms with Crippen molar-refractivity contribution in [2.45, 2.75) is 57.5 Å². The van der Waals surface area contributed by atoms with E-state index in [1.807, 2.05) is 47.1 Å². The highest BCUT2D eigenvalue weighted by Gasteiger charge is 2.32. The molecule has 1 fully saturated rings. The third kappa shape index (κ3) is 4.31. The predicted octanol–water partition coefficient (Wildman–Crippen LogP) is 3.29. The molecule has 3 aromatic rings. The molecular weight excluding hydrogens is 400 g/mol. The molecule has 6 nitrogen and oxygen atoms in total. The van der Waals surface area contributed by atoms with Crippen molar-refractivity contribution >= 4 is 11.8 Å². The summed E-state index contributed by atoms with van der Waals surface area (Å²) in [6.45, 7) is 2.05. The van der Waals surface area contributed by atoms with Crippen LogP contribution < -0.4 is 10.6 Å². The largest absolute Gasteiger partial charge is 0.352 e. The molecule has 2 amide bonds. The molecule has 2 aromatic carbocycles. The first-order valence-electron chi connectivity index (χ1n) is 11.4. The monoisotopic (exact) mass is 428 g/mol. The summed E-state index contributed by atoms with van der Waals surface area (Å²) in [5, 5.41) is 10.7. The highest BCUT2D eigenvalue weighted by molar-refractivity contribution is 5.97. The van der Waals surface area contributed by atoms with Crippen molar-refractivity contribution in [1.29, 1.82) is 0 Å². The predicted molar refractivity (Wildman–Crippen MR) is 123 cm³/mol. The van der Waals surface area contributed by atoms with E-state index in [-0.39, 0.29) is 17.9 Å². The lowest BCUT2D eigenvalue weighted by Crippen LogP contribution is -2.48. The molecule has 1 atom stereocenters. The summed E-state index contributed by atoms with van der Waals surface area (Å²) in [5.74, 6) is -0.403. The minimum Gasteiger partial charge on any atom is -0.352 e. The van der Waals surface area contributed by atoms with Gasteiger partial charge in [0.2, 0.25) is 5.91 Å². The molecule has 0 bridgehead atoms. The van der Waals surface area contributed by atoms with E-state index in [0.29, 0.717) is 12.1 Å². The molecule has 2 aliphatic carbocycles. The zero-order chi connectivity index (χ0) is 22.1. The molecule has 1 heterocycles. The summed E-state index contributed by atoms with van der Waals surface area (Å²) in [4.78, 5) is 26.2. The molecule has 1 saturated carbocycles. The topological polar surface area (TPSA) is 76.0 Å². The molecule has 2 N–H and O–H groups in total. The van der Waals surface area contributed by atoms with E-state index < -0.39 is 6.04 Å². The van der Waals surface area contributed by atoms with Crippen LogP contribution in [0.4, 0.5) is 0 Å². The van der Waals surface area contributed by atoms with Gasteiger partial charge in [0, 0.05) is 23.7 Å². The van der Waals surface area contributed by atoms with Crippen LogP contribution in [0.2, 0.25) is 0 Å². The van der Waals surface area contributed by atoms with Crippen molar-refractivity contribution < 1.29 is 9.59 Å². The Bertz CT molecular complexity index is 1130. The quantitative estimate of drug-likeness (QED) is 0.606. The van der Waals surface area contributed by atoms with Gasteiger partial charge in [-0.05, 0) is 56.7 Å². The number of fused-ring (bicyclic) bond motifs is 1. The van der Waals surface area contributed by atoms with Gasteiger partial charge in [-0.1, -0.05) is 48.0 Å². The first-order valence-corrected chi connectivity index (χ1v) is 11.4. The number of carbonyl (C=O) groups excluding carboxylic acids is 2. The van der Waals surface area contributed by atoms with E-state index in [2.05, 4.69) is 29.7 Å². The summed E-state index contributed by atoms with van der Waals surface area (Å²) >= 11 is 0. The molecule has 5 rings (SSSR count). The van der Waals surface area contributed by atoms with Crippen LogP contribution in [-0.4, -0.2) is 33.7 Å². The second-order valence-electron chi connectivity index (χ2n) is 8.87. The van der Waals surface area contributed by atoms with Gasteiger partial charge in [0.25, 0.3) is 5.91 Å². The Kier molecular flexibility index (Phi) is 5.52. The zero-order valence-corrected chi connectivity index (χ0v) is 18.3. The first-order chi connectivity index (χ1) is 15.6. The van der Waals surface area contributed by atoms with Crippen LogP contribution in [0.1, 0.15) is 52.1 Å². The van der Waals surface area contributed by atoms with Crippen molar-refractivity contribution in [3.63, 3.8) is 0 Å². The Morgan fingerprint density at radius 3 is 2.53 bits per heavy atom. The molecule has 164 valence electrons. The Morgan fingerprint density at radius 1 is 1.06 bits per heavy atom. The van der Waals surface area contributed by atoms with Crippen LogP contribution in [-0.2, 0) is 24.1 Å². The number of carbonyl (C=O) groups is 2. The molecule has 0 aliphatic heterocycles. The first kappa shape index (κ1) is 20.5. The fourth-order valence-electron chi connectivity index (χ4n) is 4.33. The maximum absolute atomic E-state index is 13.3. The molecule has 1 aromatic heterocycles. The van der Waals surface area contributed by atoms with Crippen molar-refractivity contribution in [3.8, 4) is 5.69 Å². The van der Waals surface area contributed by atoms with Crippen molar-refractivity contribution in [2.75, 3.05) is 0 Å². The number of hydrogen-bond acceptors (Lipinski definition) is 3. The second kappa shape index (κ2) is 8.61. The van der Waals surface area contributed by atoms with E-state index in [9.17, 15) is 9.59 Å². The maximum atomic E-state index is 13.3. The number of benzene rings is 2. The Labute approximate surface area is 188 Å². The Morgan fingerprint density at radius 2 is 1.81 bits per heavy atom. The Hall–Kier alpha value is -3.41. The van der Waals surface area contributed by atoms with Gasteiger partial charge in [0.15, 0.2) is 5.69 Å².